The smallest absolute Gasteiger partial charge is 0.0195 e. The SMILES string of the molecule is C(CNCC1CCC2CCCCC2N1)CC1CC1. The molecule has 18 heavy (non-hydrogen) atoms. The summed E-state index contributed by atoms with van der Waals surface area (Å²) < 4.78 is 0. The third-order valence-electron chi connectivity index (χ3n) is 5.30. The van der Waals surface area contributed by atoms with Gasteiger partial charge < -0.3 is 10.6 Å². The highest BCUT2D eigenvalue weighted by atomic mass is 15.0. The van der Waals surface area contributed by atoms with Crippen molar-refractivity contribution in [1.82, 2.24) is 10.6 Å². The number of hydrogen-bond acceptors (Lipinski definition) is 2. The van der Waals surface area contributed by atoms with Gasteiger partial charge in [-0.15, -0.1) is 0 Å². The fourth-order valence-corrected chi connectivity index (χ4v) is 3.93. The molecule has 3 atom stereocenters. The van der Waals surface area contributed by atoms with Gasteiger partial charge in [0.1, 0.15) is 0 Å². The van der Waals surface area contributed by atoms with Gasteiger partial charge in [-0.25, -0.2) is 0 Å². The number of hydrogen-bond donors (Lipinski definition) is 2. The number of nitrogens with one attached hydrogen (secondary N) is 2. The van der Waals surface area contributed by atoms with E-state index >= 15 is 0 Å². The van der Waals surface area contributed by atoms with Crippen LogP contribution < -0.4 is 10.6 Å². The Morgan fingerprint density at radius 3 is 2.72 bits per heavy atom. The van der Waals surface area contributed by atoms with Crippen molar-refractivity contribution in [2.75, 3.05) is 13.1 Å². The normalized spacial score (nSPS) is 36.3. The zero-order chi connectivity index (χ0) is 12.2. The molecule has 0 spiro atoms. The van der Waals surface area contributed by atoms with Crippen LogP contribution in [0.5, 0.6) is 0 Å². The second-order valence-electron chi connectivity index (χ2n) is 6.88. The lowest BCUT2D eigenvalue weighted by Crippen LogP contribution is -2.52. The Labute approximate surface area is 112 Å². The van der Waals surface area contributed by atoms with Crippen molar-refractivity contribution < 1.29 is 0 Å². The van der Waals surface area contributed by atoms with Crippen molar-refractivity contribution in [1.29, 1.82) is 0 Å². The van der Waals surface area contributed by atoms with Gasteiger partial charge in [-0.1, -0.05) is 25.7 Å². The predicted octanol–water partition coefficient (Wildman–Crippen LogP) is 3.08. The quantitative estimate of drug-likeness (QED) is 0.708. The molecule has 0 bridgehead atoms. The van der Waals surface area contributed by atoms with E-state index in [-0.39, 0.29) is 0 Å². The molecule has 2 aliphatic carbocycles. The number of fused-ring (bicyclic) bond motifs is 1. The molecule has 1 saturated heterocycles. The van der Waals surface area contributed by atoms with Gasteiger partial charge >= 0.3 is 0 Å². The molecular formula is C16H30N2. The molecule has 1 heterocycles. The van der Waals surface area contributed by atoms with Gasteiger partial charge in [-0.3, -0.25) is 0 Å². The molecule has 3 unspecified atom stereocenters. The summed E-state index contributed by atoms with van der Waals surface area (Å²) in [5.74, 6) is 2.10. The minimum atomic E-state index is 0.755. The van der Waals surface area contributed by atoms with Crippen molar-refractivity contribution in [3.63, 3.8) is 0 Å². The number of piperidine rings is 1. The van der Waals surface area contributed by atoms with E-state index in [4.69, 9.17) is 0 Å². The van der Waals surface area contributed by atoms with E-state index in [1.54, 1.807) is 0 Å². The average Bonchev–Trinajstić information content (AvgIpc) is 3.22. The van der Waals surface area contributed by atoms with Crippen LogP contribution in [-0.4, -0.2) is 25.2 Å². The summed E-state index contributed by atoms with van der Waals surface area (Å²) in [6.07, 6.45) is 14.6. The molecule has 2 saturated carbocycles. The fraction of sp³-hybridized carbons (Fsp3) is 1.00. The van der Waals surface area contributed by atoms with E-state index < -0.39 is 0 Å². The van der Waals surface area contributed by atoms with Gasteiger partial charge in [0, 0.05) is 18.6 Å². The summed E-state index contributed by atoms with van der Waals surface area (Å²) in [6, 6.07) is 1.61. The Balaban J connectivity index is 1.28. The van der Waals surface area contributed by atoms with Gasteiger partial charge in [0.2, 0.25) is 0 Å². The second-order valence-corrected chi connectivity index (χ2v) is 6.88. The molecule has 3 aliphatic rings. The molecular weight excluding hydrogens is 220 g/mol. The molecule has 0 radical (unpaired) electrons. The Morgan fingerprint density at radius 2 is 1.83 bits per heavy atom. The molecule has 104 valence electrons. The lowest BCUT2D eigenvalue weighted by Gasteiger charge is -2.40. The van der Waals surface area contributed by atoms with E-state index in [1.165, 1.54) is 77.3 Å². The average molecular weight is 250 g/mol. The Hall–Kier alpha value is -0.0800. The maximum atomic E-state index is 3.90. The molecule has 2 heteroatoms. The minimum absolute atomic E-state index is 0.755. The van der Waals surface area contributed by atoms with Crippen LogP contribution in [0, 0.1) is 11.8 Å². The Bertz CT molecular complexity index is 249. The number of rotatable bonds is 6. The first-order chi connectivity index (χ1) is 8.92. The second kappa shape index (κ2) is 6.38. The van der Waals surface area contributed by atoms with Gasteiger partial charge in [0.25, 0.3) is 0 Å². The van der Waals surface area contributed by atoms with Gasteiger partial charge in [0.05, 0.1) is 0 Å². The molecule has 0 amide bonds. The highest BCUT2D eigenvalue weighted by Gasteiger charge is 2.31. The summed E-state index contributed by atoms with van der Waals surface area (Å²) in [5.41, 5.74) is 0. The zero-order valence-electron chi connectivity index (χ0n) is 11.8. The highest BCUT2D eigenvalue weighted by molar-refractivity contribution is 4.89. The molecule has 3 fully saturated rings. The van der Waals surface area contributed by atoms with Crippen LogP contribution in [0.3, 0.4) is 0 Å². The van der Waals surface area contributed by atoms with Crippen molar-refractivity contribution in [2.45, 2.75) is 76.3 Å². The topological polar surface area (TPSA) is 24.1 Å². The maximum absolute atomic E-state index is 3.90. The minimum Gasteiger partial charge on any atom is -0.315 e. The van der Waals surface area contributed by atoms with E-state index in [9.17, 15) is 0 Å². The van der Waals surface area contributed by atoms with Crippen LogP contribution in [0.1, 0.15) is 64.2 Å². The van der Waals surface area contributed by atoms with Gasteiger partial charge in [-0.2, -0.15) is 0 Å². The Morgan fingerprint density at radius 1 is 0.944 bits per heavy atom. The van der Waals surface area contributed by atoms with Crippen LogP contribution in [-0.2, 0) is 0 Å². The monoisotopic (exact) mass is 250 g/mol. The molecule has 0 aromatic heterocycles. The summed E-state index contributed by atoms with van der Waals surface area (Å²) in [5, 5.41) is 7.58. The van der Waals surface area contributed by atoms with Crippen molar-refractivity contribution in [3.8, 4) is 0 Å². The first kappa shape index (κ1) is 12.9. The first-order valence-corrected chi connectivity index (χ1v) is 8.38. The van der Waals surface area contributed by atoms with Crippen LogP contribution in [0.15, 0.2) is 0 Å². The van der Waals surface area contributed by atoms with E-state index in [0.29, 0.717) is 0 Å². The lowest BCUT2D eigenvalue weighted by atomic mass is 9.78. The van der Waals surface area contributed by atoms with Crippen molar-refractivity contribution >= 4 is 0 Å². The largest absolute Gasteiger partial charge is 0.315 e. The lowest BCUT2D eigenvalue weighted by molar-refractivity contribution is 0.174. The molecule has 0 aromatic carbocycles. The van der Waals surface area contributed by atoms with Gasteiger partial charge in [0.15, 0.2) is 0 Å². The van der Waals surface area contributed by atoms with Gasteiger partial charge in [-0.05, 0) is 56.9 Å². The third kappa shape index (κ3) is 3.71. The maximum Gasteiger partial charge on any atom is 0.0195 e. The standard InChI is InChI=1S/C16H30N2/c1-2-6-16-14(5-1)9-10-15(18-16)12-17-11-3-4-13-7-8-13/h13-18H,1-12H2. The highest BCUT2D eigenvalue weighted by Crippen LogP contribution is 2.33. The van der Waals surface area contributed by atoms with E-state index in [1.807, 2.05) is 0 Å². The Kier molecular flexibility index (Phi) is 4.58. The molecule has 2 nitrogen and oxygen atoms in total. The summed E-state index contributed by atoms with van der Waals surface area (Å²) in [6.45, 7) is 2.44. The van der Waals surface area contributed by atoms with Crippen molar-refractivity contribution in [2.24, 2.45) is 11.8 Å². The summed E-state index contributed by atoms with van der Waals surface area (Å²) >= 11 is 0. The summed E-state index contributed by atoms with van der Waals surface area (Å²) in [7, 11) is 0. The first-order valence-electron chi connectivity index (χ1n) is 8.38. The third-order valence-corrected chi connectivity index (χ3v) is 5.30. The molecule has 2 N–H and O–H groups in total. The van der Waals surface area contributed by atoms with E-state index in [2.05, 4.69) is 10.6 Å². The molecule has 1 aliphatic heterocycles. The van der Waals surface area contributed by atoms with Crippen LogP contribution >= 0.6 is 0 Å². The molecule has 0 aromatic rings. The molecule has 3 rings (SSSR count). The van der Waals surface area contributed by atoms with E-state index in [0.717, 1.165) is 23.9 Å². The zero-order valence-corrected chi connectivity index (χ0v) is 11.8. The van der Waals surface area contributed by atoms with Crippen LogP contribution in [0.2, 0.25) is 0 Å². The van der Waals surface area contributed by atoms with Crippen LogP contribution in [0.25, 0.3) is 0 Å². The van der Waals surface area contributed by atoms with Crippen LogP contribution in [0.4, 0.5) is 0 Å². The predicted molar refractivity (Wildman–Crippen MR) is 76.7 cm³/mol. The van der Waals surface area contributed by atoms with Crippen molar-refractivity contribution in [3.05, 3.63) is 0 Å². The summed E-state index contributed by atoms with van der Waals surface area (Å²) in [4.78, 5) is 0. The fourth-order valence-electron chi connectivity index (χ4n) is 3.93.